The van der Waals surface area contributed by atoms with Crippen molar-refractivity contribution in [2.45, 2.75) is 37.1 Å². The predicted octanol–water partition coefficient (Wildman–Crippen LogP) is 5.05. The number of halogens is 6. The summed E-state index contributed by atoms with van der Waals surface area (Å²) >= 11 is 0. The van der Waals surface area contributed by atoms with E-state index in [1.165, 1.54) is 49.6 Å². The second kappa shape index (κ2) is 7.21. The van der Waals surface area contributed by atoms with Crippen LogP contribution in [0.15, 0.2) is 48.6 Å². The molecule has 0 saturated heterocycles. The van der Waals surface area contributed by atoms with Gasteiger partial charge in [-0.3, -0.25) is 0 Å². The van der Waals surface area contributed by atoms with E-state index in [0.717, 1.165) is 6.07 Å². The summed E-state index contributed by atoms with van der Waals surface area (Å²) in [5.74, 6) is 0. The van der Waals surface area contributed by atoms with Crippen LogP contribution in [0.2, 0.25) is 0 Å². The molecular weight excluding hydrogens is 350 g/mol. The lowest BCUT2D eigenvalue weighted by molar-refractivity contribution is -0.171. The summed E-state index contributed by atoms with van der Waals surface area (Å²) in [7, 11) is 1.39. The molecule has 0 fully saturated rings. The van der Waals surface area contributed by atoms with Gasteiger partial charge in [-0.05, 0) is 23.8 Å². The number of rotatable bonds is 5. The van der Waals surface area contributed by atoms with Gasteiger partial charge in [0.25, 0.3) is 0 Å². The Balaban J connectivity index is 2.24. The molecule has 2 rings (SSSR count). The quantitative estimate of drug-likeness (QED) is 0.536. The Bertz CT molecular complexity index is 631. The van der Waals surface area contributed by atoms with Gasteiger partial charge >= 0.3 is 12.4 Å². The molecule has 0 aliphatic heterocycles. The van der Waals surface area contributed by atoms with Crippen LogP contribution in [0.5, 0.6) is 0 Å². The second-order valence-electron chi connectivity index (χ2n) is 5.61. The summed E-state index contributed by atoms with van der Waals surface area (Å²) in [5.41, 5.74) is -3.03. The van der Waals surface area contributed by atoms with Crippen LogP contribution in [0.25, 0.3) is 0 Å². The normalized spacial score (nSPS) is 23.9. The smallest absolute Gasteiger partial charge is 0.373 e. The second-order valence-corrected chi connectivity index (χ2v) is 5.61. The third-order valence-corrected chi connectivity index (χ3v) is 3.70. The summed E-state index contributed by atoms with van der Waals surface area (Å²) in [4.78, 5) is 0. The van der Waals surface area contributed by atoms with Crippen LogP contribution in [0.1, 0.15) is 17.5 Å². The molecule has 0 N–H and O–H groups in total. The summed E-state index contributed by atoms with van der Waals surface area (Å²) in [6, 6.07) is 4.63. The average Bonchev–Trinajstić information content (AvgIpc) is 2.52. The molecule has 1 aliphatic rings. The van der Waals surface area contributed by atoms with Crippen LogP contribution in [-0.4, -0.2) is 25.0 Å². The van der Waals surface area contributed by atoms with Crippen molar-refractivity contribution in [3.05, 3.63) is 59.7 Å². The molecule has 0 saturated carbocycles. The molecule has 0 aromatic heterocycles. The van der Waals surface area contributed by atoms with Crippen molar-refractivity contribution in [2.75, 3.05) is 7.11 Å². The zero-order chi connectivity index (χ0) is 18.7. The van der Waals surface area contributed by atoms with Crippen molar-refractivity contribution in [2.24, 2.45) is 0 Å². The summed E-state index contributed by atoms with van der Waals surface area (Å²) < 4.78 is 88.0. The maximum atomic E-state index is 13.0. The fourth-order valence-corrected chi connectivity index (χ4v) is 2.51. The lowest BCUT2D eigenvalue weighted by atomic mass is 9.92. The van der Waals surface area contributed by atoms with Crippen molar-refractivity contribution in [1.82, 2.24) is 0 Å². The predicted molar refractivity (Wildman–Crippen MR) is 78.7 cm³/mol. The Kier molecular flexibility index (Phi) is 5.63. The highest BCUT2D eigenvalue weighted by molar-refractivity contribution is 5.30. The molecular formula is C17H16F6O2. The zero-order valence-corrected chi connectivity index (χ0v) is 13.2. The lowest BCUT2D eigenvalue weighted by Gasteiger charge is -2.32. The van der Waals surface area contributed by atoms with E-state index in [2.05, 4.69) is 0 Å². The van der Waals surface area contributed by atoms with Crippen LogP contribution in [0.4, 0.5) is 26.3 Å². The van der Waals surface area contributed by atoms with Crippen LogP contribution >= 0.6 is 0 Å². The number of benzene rings is 1. The molecule has 1 aromatic carbocycles. The number of methoxy groups -OCH3 is 1. The third-order valence-electron chi connectivity index (χ3n) is 3.70. The van der Waals surface area contributed by atoms with Gasteiger partial charge in [-0.1, -0.05) is 30.4 Å². The van der Waals surface area contributed by atoms with Gasteiger partial charge in [-0.15, -0.1) is 0 Å². The Hall–Kier alpha value is -1.80. The fraction of sp³-hybridized carbons (Fsp3) is 0.412. The van der Waals surface area contributed by atoms with E-state index < -0.39 is 42.6 Å². The molecule has 8 heteroatoms. The molecule has 0 unspecified atom stereocenters. The van der Waals surface area contributed by atoms with Gasteiger partial charge in [0, 0.05) is 7.11 Å². The SMILES string of the molecule is COC1C=CC(CC(F)(F)F)(OCc2ccccc2C(F)(F)F)C=C1. The minimum Gasteiger partial charge on any atom is -0.373 e. The molecule has 0 amide bonds. The van der Waals surface area contributed by atoms with Crippen molar-refractivity contribution in [1.29, 1.82) is 0 Å². The number of hydrogen-bond donors (Lipinski definition) is 0. The van der Waals surface area contributed by atoms with Crippen LogP contribution in [-0.2, 0) is 22.3 Å². The highest BCUT2D eigenvalue weighted by atomic mass is 19.4. The minimum absolute atomic E-state index is 0.229. The monoisotopic (exact) mass is 366 g/mol. The van der Waals surface area contributed by atoms with Crippen LogP contribution in [0, 0.1) is 0 Å². The van der Waals surface area contributed by atoms with E-state index in [-0.39, 0.29) is 5.56 Å². The number of ether oxygens (including phenoxy) is 2. The third kappa shape index (κ3) is 5.34. The van der Waals surface area contributed by atoms with Crippen LogP contribution in [0.3, 0.4) is 0 Å². The van der Waals surface area contributed by atoms with E-state index in [1.807, 2.05) is 0 Å². The molecule has 138 valence electrons. The molecule has 0 radical (unpaired) electrons. The zero-order valence-electron chi connectivity index (χ0n) is 13.2. The first kappa shape index (κ1) is 19.5. The average molecular weight is 366 g/mol. The standard InChI is InChI=1S/C17H16F6O2/c1-24-13-6-8-15(9-7-13,11-16(18,19)20)25-10-12-4-2-3-5-14(12)17(21,22)23/h2-9,13H,10-11H2,1H3. The highest BCUT2D eigenvalue weighted by Crippen LogP contribution is 2.37. The number of alkyl halides is 6. The van der Waals surface area contributed by atoms with Gasteiger partial charge in [-0.2, -0.15) is 26.3 Å². The molecule has 1 aromatic rings. The van der Waals surface area contributed by atoms with E-state index in [0.29, 0.717) is 0 Å². The molecule has 0 spiro atoms. The van der Waals surface area contributed by atoms with Gasteiger partial charge in [-0.25, -0.2) is 0 Å². The summed E-state index contributed by atoms with van der Waals surface area (Å²) in [6.07, 6.45) is -5.93. The highest BCUT2D eigenvalue weighted by Gasteiger charge is 2.42. The first-order valence-corrected chi connectivity index (χ1v) is 7.32. The maximum absolute atomic E-state index is 13.0. The molecule has 0 bridgehead atoms. The fourth-order valence-electron chi connectivity index (χ4n) is 2.51. The molecule has 0 heterocycles. The first-order valence-electron chi connectivity index (χ1n) is 7.32. The van der Waals surface area contributed by atoms with Gasteiger partial charge in [0.2, 0.25) is 0 Å². The first-order chi connectivity index (χ1) is 11.5. The van der Waals surface area contributed by atoms with E-state index in [1.54, 1.807) is 0 Å². The van der Waals surface area contributed by atoms with E-state index in [4.69, 9.17) is 9.47 Å². The van der Waals surface area contributed by atoms with Gasteiger partial charge < -0.3 is 9.47 Å². The Morgan fingerprint density at radius 1 is 1.00 bits per heavy atom. The van der Waals surface area contributed by atoms with E-state index >= 15 is 0 Å². The van der Waals surface area contributed by atoms with Crippen molar-refractivity contribution < 1.29 is 35.8 Å². The summed E-state index contributed by atoms with van der Waals surface area (Å²) in [5, 5.41) is 0. The lowest BCUT2D eigenvalue weighted by Crippen LogP contribution is -2.36. The largest absolute Gasteiger partial charge is 0.416 e. The van der Waals surface area contributed by atoms with Crippen molar-refractivity contribution in [3.8, 4) is 0 Å². The van der Waals surface area contributed by atoms with Gasteiger partial charge in [0.15, 0.2) is 0 Å². The Morgan fingerprint density at radius 3 is 2.12 bits per heavy atom. The summed E-state index contributed by atoms with van der Waals surface area (Å²) in [6.45, 7) is -0.613. The maximum Gasteiger partial charge on any atom is 0.416 e. The van der Waals surface area contributed by atoms with Crippen molar-refractivity contribution >= 4 is 0 Å². The molecule has 0 atom stereocenters. The minimum atomic E-state index is -4.61. The molecule has 1 aliphatic carbocycles. The van der Waals surface area contributed by atoms with Gasteiger partial charge in [0.05, 0.1) is 24.7 Å². The van der Waals surface area contributed by atoms with E-state index in [9.17, 15) is 26.3 Å². The van der Waals surface area contributed by atoms with Crippen LogP contribution < -0.4 is 0 Å². The van der Waals surface area contributed by atoms with Crippen molar-refractivity contribution in [3.63, 3.8) is 0 Å². The molecule has 2 nitrogen and oxygen atoms in total. The Labute approximate surface area is 140 Å². The Morgan fingerprint density at radius 2 is 1.60 bits per heavy atom. The topological polar surface area (TPSA) is 18.5 Å². The molecule has 25 heavy (non-hydrogen) atoms. The number of hydrogen-bond acceptors (Lipinski definition) is 2. The van der Waals surface area contributed by atoms with Gasteiger partial charge in [0.1, 0.15) is 5.60 Å².